The number of benzene rings is 2. The van der Waals surface area contributed by atoms with Crippen molar-refractivity contribution in [3.63, 3.8) is 0 Å². The van der Waals surface area contributed by atoms with E-state index in [1.54, 1.807) is 0 Å². The summed E-state index contributed by atoms with van der Waals surface area (Å²) in [5, 5.41) is 22.9. The molecule has 0 radical (unpaired) electrons. The van der Waals surface area contributed by atoms with Crippen LogP contribution in [0.15, 0.2) is 30.3 Å². The molecule has 2 aromatic rings. The molecule has 1 N–H and O–H groups in total. The molecule has 0 bridgehead atoms. The van der Waals surface area contributed by atoms with E-state index in [1.165, 1.54) is 0 Å². The number of hydrogen-bond acceptors (Lipinski definition) is 5. The van der Waals surface area contributed by atoms with Gasteiger partial charge in [-0.1, -0.05) is 23.2 Å². The van der Waals surface area contributed by atoms with Crippen LogP contribution in [-0.2, 0) is 6.18 Å². The zero-order valence-corrected chi connectivity index (χ0v) is 14.2. The number of alkyl halides is 3. The zero-order valence-electron chi connectivity index (χ0n) is 12.7. The molecule has 0 saturated carbocycles. The molecule has 27 heavy (non-hydrogen) atoms. The summed E-state index contributed by atoms with van der Waals surface area (Å²) in [6.07, 6.45) is -4.72. The molecule has 2 aromatic carbocycles. The van der Waals surface area contributed by atoms with Crippen molar-refractivity contribution in [1.29, 1.82) is 0 Å². The maximum absolute atomic E-state index is 12.8. The number of nitrogens with zero attached hydrogens (tertiary/aromatic N) is 2. The molecule has 0 aromatic heterocycles. The molecule has 0 heterocycles. The highest BCUT2D eigenvalue weighted by Gasteiger charge is 2.32. The molecule has 8 nitrogen and oxygen atoms in total. The summed E-state index contributed by atoms with van der Waals surface area (Å²) >= 11 is 11.5. The second kappa shape index (κ2) is 7.37. The Kier molecular flexibility index (Phi) is 5.56. The van der Waals surface area contributed by atoms with E-state index in [4.69, 9.17) is 23.2 Å². The number of non-ortho nitro benzene ring substituents is 1. The van der Waals surface area contributed by atoms with Crippen molar-refractivity contribution in [2.75, 3.05) is 5.32 Å². The van der Waals surface area contributed by atoms with E-state index in [1.807, 2.05) is 5.32 Å². The Morgan fingerprint density at radius 2 is 1.67 bits per heavy atom. The fourth-order valence-corrected chi connectivity index (χ4v) is 2.41. The average molecular weight is 424 g/mol. The van der Waals surface area contributed by atoms with E-state index >= 15 is 0 Å². The number of carbonyl (C=O) groups excluding carboxylic acids is 1. The summed E-state index contributed by atoms with van der Waals surface area (Å²) in [6.45, 7) is 0. The molecule has 0 atom stereocenters. The quantitative estimate of drug-likeness (QED) is 0.543. The van der Waals surface area contributed by atoms with Gasteiger partial charge in [0.25, 0.3) is 17.3 Å². The Morgan fingerprint density at radius 3 is 2.19 bits per heavy atom. The van der Waals surface area contributed by atoms with E-state index in [-0.39, 0.29) is 5.02 Å². The van der Waals surface area contributed by atoms with E-state index in [9.17, 15) is 38.2 Å². The van der Waals surface area contributed by atoms with Crippen LogP contribution in [0.1, 0.15) is 15.9 Å². The Bertz CT molecular complexity index is 966. The first-order valence-corrected chi connectivity index (χ1v) is 7.48. The van der Waals surface area contributed by atoms with Crippen LogP contribution in [0.5, 0.6) is 0 Å². The van der Waals surface area contributed by atoms with Gasteiger partial charge in [-0.2, -0.15) is 13.2 Å². The lowest BCUT2D eigenvalue weighted by Crippen LogP contribution is -2.15. The van der Waals surface area contributed by atoms with Crippen molar-refractivity contribution in [1.82, 2.24) is 0 Å². The van der Waals surface area contributed by atoms with E-state index in [0.717, 1.165) is 6.07 Å². The third kappa shape index (κ3) is 4.44. The van der Waals surface area contributed by atoms with Crippen molar-refractivity contribution in [3.8, 4) is 0 Å². The summed E-state index contributed by atoms with van der Waals surface area (Å²) in [5.74, 6) is -1.21. The first-order chi connectivity index (χ1) is 12.4. The van der Waals surface area contributed by atoms with Crippen molar-refractivity contribution in [3.05, 3.63) is 71.7 Å². The van der Waals surface area contributed by atoms with Gasteiger partial charge in [0.15, 0.2) is 0 Å². The predicted octanol–water partition coefficient (Wildman–Crippen LogP) is 5.08. The fourth-order valence-electron chi connectivity index (χ4n) is 1.98. The van der Waals surface area contributed by atoms with Crippen LogP contribution in [0.3, 0.4) is 0 Å². The highest BCUT2D eigenvalue weighted by atomic mass is 35.5. The minimum Gasteiger partial charge on any atom is -0.321 e. The molecule has 0 aliphatic heterocycles. The number of anilines is 1. The van der Waals surface area contributed by atoms with Gasteiger partial charge in [-0.25, -0.2) is 0 Å². The predicted molar refractivity (Wildman–Crippen MR) is 89.2 cm³/mol. The fraction of sp³-hybridized carbons (Fsp3) is 0.0714. The largest absolute Gasteiger partial charge is 0.416 e. The number of rotatable bonds is 4. The first-order valence-electron chi connectivity index (χ1n) is 6.72. The summed E-state index contributed by atoms with van der Waals surface area (Å²) < 4.78 is 38.3. The number of halogens is 5. The van der Waals surface area contributed by atoms with Gasteiger partial charge in [-0.15, -0.1) is 0 Å². The molecule has 142 valence electrons. The van der Waals surface area contributed by atoms with Crippen LogP contribution < -0.4 is 5.32 Å². The Balaban J connectivity index is 2.50. The van der Waals surface area contributed by atoms with Crippen LogP contribution in [-0.4, -0.2) is 15.8 Å². The second-order valence-corrected chi connectivity index (χ2v) is 5.77. The molecule has 0 aliphatic rings. The van der Waals surface area contributed by atoms with Crippen molar-refractivity contribution in [2.45, 2.75) is 6.18 Å². The third-order valence-electron chi connectivity index (χ3n) is 3.23. The second-order valence-electron chi connectivity index (χ2n) is 4.99. The van der Waals surface area contributed by atoms with Crippen molar-refractivity contribution in [2.24, 2.45) is 0 Å². The monoisotopic (exact) mass is 423 g/mol. The normalized spacial score (nSPS) is 11.1. The number of carbonyl (C=O) groups is 1. The van der Waals surface area contributed by atoms with Crippen LogP contribution in [0.2, 0.25) is 10.0 Å². The lowest BCUT2D eigenvalue weighted by molar-refractivity contribution is -0.394. The standard InChI is InChI=1S/C14H6Cl2F3N3O5/c15-9-2-1-6(14(17,18)19)3-10(9)20-13(23)8-4-7(21(24)25)5-11(12(8)16)22(26)27/h1-5H,(H,20,23). The molecule has 0 unspecified atom stereocenters. The Morgan fingerprint density at radius 1 is 1.04 bits per heavy atom. The van der Waals surface area contributed by atoms with Crippen LogP contribution in [0, 0.1) is 20.2 Å². The molecule has 0 aliphatic carbocycles. The minimum atomic E-state index is -4.72. The zero-order chi connectivity index (χ0) is 20.5. The average Bonchev–Trinajstić information content (AvgIpc) is 2.55. The number of nitro groups is 2. The van der Waals surface area contributed by atoms with Crippen molar-refractivity contribution >= 4 is 46.2 Å². The Labute approximate surface area is 157 Å². The van der Waals surface area contributed by atoms with Gasteiger partial charge in [0.05, 0.1) is 37.7 Å². The molecule has 0 fully saturated rings. The lowest BCUT2D eigenvalue weighted by atomic mass is 10.1. The maximum Gasteiger partial charge on any atom is 0.416 e. The van der Waals surface area contributed by atoms with Gasteiger partial charge < -0.3 is 5.32 Å². The van der Waals surface area contributed by atoms with Crippen LogP contribution in [0.4, 0.5) is 30.2 Å². The van der Waals surface area contributed by atoms with Crippen LogP contribution >= 0.6 is 23.2 Å². The van der Waals surface area contributed by atoms with Crippen LogP contribution in [0.25, 0.3) is 0 Å². The van der Waals surface area contributed by atoms with E-state index in [2.05, 4.69) is 0 Å². The van der Waals surface area contributed by atoms with Gasteiger partial charge in [-0.05, 0) is 18.2 Å². The molecule has 13 heteroatoms. The SMILES string of the molecule is O=C(Nc1cc(C(F)(F)F)ccc1Cl)c1cc([N+](=O)[O-])cc([N+](=O)[O-])c1Cl. The number of nitro benzene ring substituents is 2. The summed E-state index contributed by atoms with van der Waals surface area (Å²) in [5.41, 5.74) is -3.95. The molecule has 0 spiro atoms. The molecule has 1 amide bonds. The summed E-state index contributed by atoms with van der Waals surface area (Å²) in [6, 6.07) is 3.32. The summed E-state index contributed by atoms with van der Waals surface area (Å²) in [4.78, 5) is 32.1. The van der Waals surface area contributed by atoms with Gasteiger partial charge in [0.1, 0.15) is 5.02 Å². The molecule has 0 saturated heterocycles. The smallest absolute Gasteiger partial charge is 0.321 e. The number of nitrogens with one attached hydrogen (secondary N) is 1. The summed E-state index contributed by atoms with van der Waals surface area (Å²) in [7, 11) is 0. The molecular formula is C14H6Cl2F3N3O5. The minimum absolute atomic E-state index is 0.257. The topological polar surface area (TPSA) is 115 Å². The first kappa shape index (κ1) is 20.4. The van der Waals surface area contributed by atoms with Gasteiger partial charge in [-0.3, -0.25) is 25.0 Å². The van der Waals surface area contributed by atoms with E-state index in [0.29, 0.717) is 24.3 Å². The van der Waals surface area contributed by atoms with Gasteiger partial charge in [0, 0.05) is 6.07 Å². The highest BCUT2D eigenvalue weighted by molar-refractivity contribution is 6.37. The Hall–Kier alpha value is -2.92. The maximum atomic E-state index is 12.8. The van der Waals surface area contributed by atoms with Gasteiger partial charge >= 0.3 is 6.18 Å². The highest BCUT2D eigenvalue weighted by Crippen LogP contribution is 2.36. The third-order valence-corrected chi connectivity index (χ3v) is 3.96. The number of hydrogen-bond donors (Lipinski definition) is 1. The molecule has 2 rings (SSSR count). The van der Waals surface area contributed by atoms with Crippen molar-refractivity contribution < 1.29 is 27.8 Å². The van der Waals surface area contributed by atoms with Gasteiger partial charge in [0.2, 0.25) is 0 Å². The number of amides is 1. The lowest BCUT2D eigenvalue weighted by Gasteiger charge is -2.12. The van der Waals surface area contributed by atoms with E-state index < -0.39 is 55.1 Å². The molecular weight excluding hydrogens is 418 g/mol.